The van der Waals surface area contributed by atoms with Gasteiger partial charge in [-0.25, -0.2) is 0 Å². The van der Waals surface area contributed by atoms with Crippen LogP contribution in [0.1, 0.15) is 218 Å². The number of rotatable bonds is 42. The van der Waals surface area contributed by atoms with Crippen molar-refractivity contribution in [2.24, 2.45) is 0 Å². The molecule has 10 nitrogen and oxygen atoms in total. The van der Waals surface area contributed by atoms with E-state index in [-0.39, 0.29) is 85.9 Å². The molecule has 0 bridgehead atoms. The summed E-state index contributed by atoms with van der Waals surface area (Å²) >= 11 is 0. The number of aliphatic carboxylic acids is 2. The SMILES string of the molecule is CC(=O)OC(CCCCCCCCCCCCCCC(=O)[O-])CCOCc1ccccc1.CC(=O)OC(CCCCCCCCCCCCCCC(=O)[O-])CCOCc1ccccc1.[Ba+2]. The van der Waals surface area contributed by atoms with Crippen molar-refractivity contribution in [2.45, 2.75) is 232 Å². The van der Waals surface area contributed by atoms with Gasteiger partial charge in [-0.15, -0.1) is 0 Å². The Hall–Kier alpha value is -2.19. The first-order chi connectivity index (χ1) is 31.2. The summed E-state index contributed by atoms with van der Waals surface area (Å²) in [6.07, 6.45) is 31.5. The van der Waals surface area contributed by atoms with Gasteiger partial charge in [-0.2, -0.15) is 0 Å². The van der Waals surface area contributed by atoms with Crippen LogP contribution in [0.2, 0.25) is 0 Å². The molecule has 0 saturated heterocycles. The van der Waals surface area contributed by atoms with Crippen LogP contribution in [0.15, 0.2) is 60.7 Å². The third-order valence-electron chi connectivity index (χ3n) is 11.4. The van der Waals surface area contributed by atoms with Crippen LogP contribution in [0, 0.1) is 0 Å². The van der Waals surface area contributed by atoms with E-state index in [4.69, 9.17) is 18.9 Å². The second-order valence-electron chi connectivity index (χ2n) is 17.4. The van der Waals surface area contributed by atoms with Crippen molar-refractivity contribution in [3.05, 3.63) is 71.8 Å². The molecule has 0 amide bonds. The van der Waals surface area contributed by atoms with E-state index in [2.05, 4.69) is 0 Å². The fraction of sp³-hybridized carbons (Fsp3) is 0.704. The van der Waals surface area contributed by atoms with Crippen molar-refractivity contribution in [1.29, 1.82) is 0 Å². The normalized spacial score (nSPS) is 11.7. The molecule has 0 fully saturated rings. The van der Waals surface area contributed by atoms with E-state index in [1.54, 1.807) is 0 Å². The molecular formula is C54H86BaO10. The second kappa shape index (κ2) is 46.9. The number of unbranched alkanes of at least 4 members (excludes halogenated alkanes) is 22. The number of carboxylic acids is 2. The quantitative estimate of drug-likeness (QED) is 0.0357. The molecular weight excluding hydrogens is 946 g/mol. The van der Waals surface area contributed by atoms with E-state index >= 15 is 0 Å². The van der Waals surface area contributed by atoms with Gasteiger partial charge in [0, 0.05) is 38.6 Å². The monoisotopic (exact) mass is 1030 g/mol. The van der Waals surface area contributed by atoms with Gasteiger partial charge in [0.05, 0.1) is 26.4 Å². The van der Waals surface area contributed by atoms with Crippen molar-refractivity contribution >= 4 is 72.8 Å². The Morgan fingerprint density at radius 3 is 0.923 bits per heavy atom. The van der Waals surface area contributed by atoms with Gasteiger partial charge in [0.1, 0.15) is 12.2 Å². The molecule has 65 heavy (non-hydrogen) atoms. The van der Waals surface area contributed by atoms with Gasteiger partial charge in [0.2, 0.25) is 0 Å². The van der Waals surface area contributed by atoms with Gasteiger partial charge in [0.15, 0.2) is 0 Å². The molecule has 2 aromatic rings. The molecule has 0 spiro atoms. The minimum absolute atomic E-state index is 0. The van der Waals surface area contributed by atoms with E-state index in [9.17, 15) is 29.4 Å². The standard InChI is InChI=1S/2C27H44O5.Ba/c2*1-24(28)32-26(21-22-31-23-25-17-13-12-14-18-25)19-15-10-8-6-4-2-3-5-7-9-11-16-20-27(29)30;/h2*12-14,17-18,26H,2-11,15-16,19-23H2,1H3,(H,29,30);/q;;+2/p-2. The van der Waals surface area contributed by atoms with Crippen LogP contribution >= 0.6 is 0 Å². The van der Waals surface area contributed by atoms with Crippen LogP contribution in [-0.4, -0.2) is 98.2 Å². The number of ether oxygens (including phenoxy) is 4. The Balaban J connectivity index is 0.00000124. The Kier molecular flexibility index (Phi) is 45.3. The number of carboxylic acid groups (broad SMARTS) is 2. The summed E-state index contributed by atoms with van der Waals surface area (Å²) in [7, 11) is 0. The topological polar surface area (TPSA) is 151 Å². The van der Waals surface area contributed by atoms with Crippen LogP contribution < -0.4 is 10.2 Å². The molecule has 0 heterocycles. The molecule has 0 aliphatic carbocycles. The Morgan fingerprint density at radius 1 is 0.400 bits per heavy atom. The molecule has 0 aromatic heterocycles. The molecule has 2 aromatic carbocycles. The fourth-order valence-corrected chi connectivity index (χ4v) is 7.77. The van der Waals surface area contributed by atoms with Crippen molar-refractivity contribution in [3.63, 3.8) is 0 Å². The van der Waals surface area contributed by atoms with Crippen LogP contribution in [0.5, 0.6) is 0 Å². The molecule has 2 rings (SSSR count). The van der Waals surface area contributed by atoms with Gasteiger partial charge in [-0.3, -0.25) is 9.59 Å². The molecule has 0 aliphatic heterocycles. The molecule has 0 radical (unpaired) electrons. The maximum Gasteiger partial charge on any atom is 2.00 e. The summed E-state index contributed by atoms with van der Waals surface area (Å²) in [5, 5.41) is 20.7. The van der Waals surface area contributed by atoms with E-state index in [1.807, 2.05) is 60.7 Å². The van der Waals surface area contributed by atoms with Crippen LogP contribution in [0.3, 0.4) is 0 Å². The van der Waals surface area contributed by atoms with Crippen LogP contribution in [-0.2, 0) is 51.3 Å². The molecule has 0 saturated carbocycles. The molecule has 364 valence electrons. The van der Waals surface area contributed by atoms with Crippen LogP contribution in [0.4, 0.5) is 0 Å². The summed E-state index contributed by atoms with van der Waals surface area (Å²) in [4.78, 5) is 43.4. The maximum atomic E-state index is 11.4. The maximum absolute atomic E-state index is 11.4. The van der Waals surface area contributed by atoms with Crippen molar-refractivity contribution in [1.82, 2.24) is 0 Å². The zero-order valence-corrected chi connectivity index (χ0v) is 45.2. The number of carbonyl (C=O) groups excluding carboxylic acids is 4. The number of hydrogen-bond acceptors (Lipinski definition) is 10. The summed E-state index contributed by atoms with van der Waals surface area (Å²) < 4.78 is 22.4. The van der Waals surface area contributed by atoms with Crippen molar-refractivity contribution < 1.29 is 48.3 Å². The van der Waals surface area contributed by atoms with Crippen molar-refractivity contribution in [2.75, 3.05) is 13.2 Å². The zero-order valence-electron chi connectivity index (χ0n) is 40.8. The van der Waals surface area contributed by atoms with E-state index in [1.165, 1.54) is 117 Å². The number of carbonyl (C=O) groups is 4. The molecule has 2 unspecified atom stereocenters. The molecule has 11 heteroatoms. The Bertz CT molecular complexity index is 1290. The predicted octanol–water partition coefficient (Wildman–Crippen LogP) is 11.1. The van der Waals surface area contributed by atoms with Gasteiger partial charge < -0.3 is 38.7 Å². The Morgan fingerprint density at radius 2 is 0.662 bits per heavy atom. The summed E-state index contributed by atoms with van der Waals surface area (Å²) in [6, 6.07) is 20.2. The first-order valence-electron chi connectivity index (χ1n) is 25.1. The van der Waals surface area contributed by atoms with E-state index < -0.39 is 11.9 Å². The fourth-order valence-electron chi connectivity index (χ4n) is 7.77. The predicted molar refractivity (Wildman–Crippen MR) is 258 cm³/mol. The minimum atomic E-state index is -0.931. The third kappa shape index (κ3) is 45.4. The third-order valence-corrected chi connectivity index (χ3v) is 11.4. The number of benzene rings is 2. The Labute approximate surface area is 434 Å². The molecule has 0 aliphatic rings. The van der Waals surface area contributed by atoms with Gasteiger partial charge in [0.25, 0.3) is 0 Å². The number of esters is 2. The summed E-state index contributed by atoms with van der Waals surface area (Å²) in [5.41, 5.74) is 2.31. The average Bonchev–Trinajstić information content (AvgIpc) is 3.27. The largest absolute Gasteiger partial charge is 2.00 e. The molecule has 0 N–H and O–H groups in total. The second-order valence-corrected chi connectivity index (χ2v) is 17.4. The van der Waals surface area contributed by atoms with Gasteiger partial charge in [-0.1, -0.05) is 189 Å². The van der Waals surface area contributed by atoms with Crippen LogP contribution in [0.25, 0.3) is 0 Å². The minimum Gasteiger partial charge on any atom is -0.550 e. The first kappa shape index (κ1) is 62.8. The zero-order chi connectivity index (χ0) is 46.6. The van der Waals surface area contributed by atoms with Crippen molar-refractivity contribution in [3.8, 4) is 0 Å². The van der Waals surface area contributed by atoms with E-state index in [0.29, 0.717) is 26.4 Å². The smallest absolute Gasteiger partial charge is 0.550 e. The first-order valence-corrected chi connectivity index (χ1v) is 25.1. The molecule has 2 atom stereocenters. The van der Waals surface area contributed by atoms with Gasteiger partial charge in [-0.05, 0) is 62.5 Å². The summed E-state index contributed by atoms with van der Waals surface area (Å²) in [6.45, 7) is 5.34. The summed E-state index contributed by atoms with van der Waals surface area (Å²) in [5.74, 6) is -2.28. The van der Waals surface area contributed by atoms with E-state index in [0.717, 1.165) is 88.2 Å². The van der Waals surface area contributed by atoms with Gasteiger partial charge >= 0.3 is 60.8 Å². The average molecular weight is 1030 g/mol. The number of hydrogen-bond donors (Lipinski definition) is 0.